The summed E-state index contributed by atoms with van der Waals surface area (Å²) in [4.78, 5) is 88.3. The Morgan fingerprint density at radius 1 is 0.906 bits per heavy atom. The molecule has 0 saturated carbocycles. The number of carbonyl (C=O) groups is 6. The molecule has 10 N–H and O–H groups in total. The predicted molar refractivity (Wildman–Crippen MR) is 241 cm³/mol. The molecule has 8 amide bonds. The van der Waals surface area contributed by atoms with E-state index in [-0.39, 0.29) is 64.1 Å². The Hall–Kier alpha value is -6.58. The maximum absolute atomic E-state index is 13.5. The van der Waals surface area contributed by atoms with Crippen LogP contribution in [0.3, 0.4) is 0 Å². The quantitative estimate of drug-likeness (QED) is 0.0529. The number of carbonyl (C=O) groups excluding carboxylic acids is 6. The van der Waals surface area contributed by atoms with Gasteiger partial charge < -0.3 is 61.7 Å². The fraction of sp³-hybridized carbons (Fsp3) is 0.488. The second kappa shape index (κ2) is 23.2. The Morgan fingerprint density at radius 2 is 1.59 bits per heavy atom. The van der Waals surface area contributed by atoms with Crippen LogP contribution in [0.15, 0.2) is 48.5 Å². The van der Waals surface area contributed by atoms with E-state index in [1.807, 2.05) is 35.8 Å². The number of hydrogen-bond donors (Lipinski definition) is 8. The average molecular weight is 891 g/mol. The van der Waals surface area contributed by atoms with Crippen molar-refractivity contribution < 1.29 is 43.3 Å². The lowest BCUT2D eigenvalue weighted by Crippen LogP contribution is -2.55. The number of nitrogens with zero attached hydrogens (tertiary/aromatic N) is 5. The van der Waals surface area contributed by atoms with E-state index in [0.29, 0.717) is 46.7 Å². The first-order chi connectivity index (χ1) is 30.3. The zero-order valence-corrected chi connectivity index (χ0v) is 37.5. The van der Waals surface area contributed by atoms with Gasteiger partial charge in [0.05, 0.1) is 29.7 Å². The number of nitrogens with one attached hydrogen (secondary N) is 5. The molecule has 0 radical (unpaired) electrons. The lowest BCUT2D eigenvalue weighted by Gasteiger charge is -2.25. The van der Waals surface area contributed by atoms with Crippen LogP contribution >= 0.6 is 0 Å². The van der Waals surface area contributed by atoms with Gasteiger partial charge in [0.1, 0.15) is 36.6 Å². The third-order valence-corrected chi connectivity index (χ3v) is 9.93. The number of fused-ring (bicyclic) bond motifs is 3. The van der Waals surface area contributed by atoms with Gasteiger partial charge in [-0.2, -0.15) is 0 Å². The molecule has 348 valence electrons. The summed E-state index contributed by atoms with van der Waals surface area (Å²) in [7, 11) is 3.13. The maximum Gasteiger partial charge on any atom is 0.409 e. The van der Waals surface area contributed by atoms with Crippen molar-refractivity contribution in [3.8, 4) is 0 Å². The van der Waals surface area contributed by atoms with Crippen molar-refractivity contribution in [1.82, 2.24) is 40.3 Å². The molecule has 1 unspecified atom stereocenters. The number of amides is 8. The first-order valence-electron chi connectivity index (χ1n) is 21.0. The van der Waals surface area contributed by atoms with Gasteiger partial charge >= 0.3 is 18.2 Å². The first-order valence-corrected chi connectivity index (χ1v) is 21.0. The number of urea groups is 2. The number of likely N-dealkylation sites (N-methyl/N-ethyl adjacent to an activating group) is 2. The molecule has 0 fully saturated rings. The van der Waals surface area contributed by atoms with Gasteiger partial charge in [-0.05, 0) is 63.3 Å². The number of rotatable bonds is 22. The van der Waals surface area contributed by atoms with Crippen molar-refractivity contribution in [3.63, 3.8) is 0 Å². The summed E-state index contributed by atoms with van der Waals surface area (Å²) < 4.78 is 13.1. The Labute approximate surface area is 372 Å². The van der Waals surface area contributed by atoms with Crippen LogP contribution in [-0.4, -0.2) is 130 Å². The van der Waals surface area contributed by atoms with Crippen LogP contribution in [0, 0.1) is 5.92 Å². The highest BCUT2D eigenvalue weighted by Gasteiger charge is 2.29. The third-order valence-electron chi connectivity index (χ3n) is 9.93. The van der Waals surface area contributed by atoms with Crippen LogP contribution in [0.2, 0.25) is 0 Å². The van der Waals surface area contributed by atoms with E-state index in [2.05, 4.69) is 26.6 Å². The topological polar surface area (TPSA) is 290 Å². The highest BCUT2D eigenvalue weighted by molar-refractivity contribution is 6.09. The summed E-state index contributed by atoms with van der Waals surface area (Å²) in [5.41, 5.74) is 12.3. The molecule has 0 aliphatic carbocycles. The highest BCUT2D eigenvalue weighted by atomic mass is 16.6. The number of benzene rings is 2. The number of imidazole rings is 1. The highest BCUT2D eigenvalue weighted by Crippen LogP contribution is 2.32. The molecule has 21 heteroatoms. The largest absolute Gasteiger partial charge is 0.445 e. The smallest absolute Gasteiger partial charge is 0.409 e. The van der Waals surface area contributed by atoms with Gasteiger partial charge in [-0.25, -0.2) is 24.4 Å². The van der Waals surface area contributed by atoms with E-state index >= 15 is 0 Å². The fourth-order valence-electron chi connectivity index (χ4n) is 6.50. The number of pyridine rings is 1. The standard InChI is InChI=1S/C43H62N12O9/c1-8-63-24-32-50-35-36(55(32)25-43(4,5)62)29-12-9-10-13-30(29)48-37(35)52-41(60)53(6)20-21-54(7)42(61)64-23-27-15-17-28(18-16-27)47-38(57)31(14-11-19-46-40(45)59)49-39(58)34(26(2)3)51-33(56)22-44/h9-10,12-13,15-18,26,31,34,62H,8,11,14,19-25,44H2,1-7H3,(H,47,57)(H,49,58)(H,51,56)(H3,45,46,59)(H,48,52,60)/t31-,34?/m1/s1. The van der Waals surface area contributed by atoms with Gasteiger partial charge in [0.15, 0.2) is 5.82 Å². The Balaban J connectivity index is 1.34. The van der Waals surface area contributed by atoms with Gasteiger partial charge in [-0.3, -0.25) is 19.7 Å². The molecule has 2 aromatic heterocycles. The van der Waals surface area contributed by atoms with Gasteiger partial charge in [0, 0.05) is 51.4 Å². The Bertz CT molecular complexity index is 2260. The van der Waals surface area contributed by atoms with Crippen molar-refractivity contribution in [1.29, 1.82) is 0 Å². The monoisotopic (exact) mass is 890 g/mol. The summed E-state index contributed by atoms with van der Waals surface area (Å²) in [6.07, 6.45) is -0.171. The lowest BCUT2D eigenvalue weighted by molar-refractivity contribution is -0.131. The molecule has 4 aromatic rings. The second-order valence-electron chi connectivity index (χ2n) is 16.2. The molecule has 2 heterocycles. The molecule has 0 saturated heterocycles. The van der Waals surface area contributed by atoms with Gasteiger partial charge in [-0.1, -0.05) is 44.2 Å². The van der Waals surface area contributed by atoms with Crippen LogP contribution in [0.4, 0.5) is 25.9 Å². The SMILES string of the molecule is CCOCc1nc2c(NC(=O)N(C)CCN(C)C(=O)OCc3ccc(NC(=O)[C@@H](CCCNC(N)=O)NC(=O)C(NC(=O)CN)C(C)C)cc3)nc3ccccc3c2n1CC(C)(C)O. The normalized spacial score (nSPS) is 12.3. The molecule has 2 atom stereocenters. The first kappa shape index (κ1) is 50.1. The molecule has 0 bridgehead atoms. The molecule has 0 aliphatic heterocycles. The molecule has 2 aromatic carbocycles. The van der Waals surface area contributed by atoms with Crippen molar-refractivity contribution in [2.24, 2.45) is 17.4 Å². The van der Waals surface area contributed by atoms with Crippen molar-refractivity contribution in [2.45, 2.75) is 84.9 Å². The van der Waals surface area contributed by atoms with Crippen molar-refractivity contribution >= 4 is 69.3 Å². The van der Waals surface area contributed by atoms with E-state index in [4.69, 9.17) is 30.9 Å². The van der Waals surface area contributed by atoms with Crippen molar-refractivity contribution in [2.75, 3.05) is 57.5 Å². The zero-order valence-electron chi connectivity index (χ0n) is 37.5. The summed E-state index contributed by atoms with van der Waals surface area (Å²) in [6.45, 7) is 9.72. The summed E-state index contributed by atoms with van der Waals surface area (Å²) >= 11 is 0. The summed E-state index contributed by atoms with van der Waals surface area (Å²) in [5, 5.41) is 24.9. The Kier molecular flexibility index (Phi) is 18.2. The molecule has 21 nitrogen and oxygen atoms in total. The lowest BCUT2D eigenvalue weighted by atomic mass is 10.0. The van der Waals surface area contributed by atoms with Gasteiger partial charge in [-0.15, -0.1) is 0 Å². The number of para-hydroxylation sites is 1. The van der Waals surface area contributed by atoms with Gasteiger partial charge in [0.25, 0.3) is 0 Å². The number of aromatic nitrogens is 3. The van der Waals surface area contributed by atoms with Crippen molar-refractivity contribution in [3.05, 3.63) is 59.9 Å². The molecule has 64 heavy (non-hydrogen) atoms. The van der Waals surface area contributed by atoms with E-state index in [0.717, 1.165) is 5.39 Å². The maximum atomic E-state index is 13.5. The zero-order chi connectivity index (χ0) is 47.1. The summed E-state index contributed by atoms with van der Waals surface area (Å²) in [6, 6.07) is 10.9. The van der Waals surface area contributed by atoms with Crippen LogP contribution in [-0.2, 0) is 43.6 Å². The molecule has 0 aliphatic rings. The van der Waals surface area contributed by atoms with Crippen LogP contribution < -0.4 is 38.1 Å². The number of aliphatic hydroxyl groups is 1. The van der Waals surface area contributed by atoms with E-state index in [1.165, 1.54) is 9.80 Å². The number of hydrogen-bond acceptors (Lipinski definition) is 12. The Morgan fingerprint density at radius 3 is 2.23 bits per heavy atom. The number of primary amides is 1. The number of ether oxygens (including phenoxy) is 2. The van der Waals surface area contributed by atoms with Gasteiger partial charge in [0.2, 0.25) is 17.7 Å². The molecular formula is C43H62N12O9. The fourth-order valence-corrected chi connectivity index (χ4v) is 6.50. The minimum absolute atomic E-state index is 0.0839. The number of nitrogens with two attached hydrogens (primary N) is 2. The van der Waals surface area contributed by atoms with Crippen LogP contribution in [0.5, 0.6) is 0 Å². The van der Waals surface area contributed by atoms with E-state index in [9.17, 15) is 33.9 Å². The molecular weight excluding hydrogens is 829 g/mol. The molecule has 4 rings (SSSR count). The average Bonchev–Trinajstić information content (AvgIpc) is 3.60. The summed E-state index contributed by atoms with van der Waals surface area (Å²) in [5.74, 6) is -1.12. The third kappa shape index (κ3) is 14.5. The van der Waals surface area contributed by atoms with E-state index in [1.54, 1.807) is 66.1 Å². The minimum atomic E-state index is -1.07. The predicted octanol–water partition coefficient (Wildman–Crippen LogP) is 2.60. The van der Waals surface area contributed by atoms with Crippen LogP contribution in [0.25, 0.3) is 21.9 Å². The molecule has 0 spiro atoms. The minimum Gasteiger partial charge on any atom is -0.445 e. The number of anilines is 2. The van der Waals surface area contributed by atoms with Crippen LogP contribution in [0.1, 0.15) is 58.8 Å². The second-order valence-corrected chi connectivity index (χ2v) is 16.2. The van der Waals surface area contributed by atoms with E-state index < -0.39 is 53.6 Å².